The van der Waals surface area contributed by atoms with E-state index in [0.717, 1.165) is 17.7 Å². The summed E-state index contributed by atoms with van der Waals surface area (Å²) in [5.74, 6) is -0.150. The predicted molar refractivity (Wildman–Crippen MR) is 108 cm³/mol. The molecule has 7 nitrogen and oxygen atoms in total. The van der Waals surface area contributed by atoms with E-state index in [1.54, 1.807) is 48.8 Å². The number of carbonyl (C=O) groups is 1. The van der Waals surface area contributed by atoms with Crippen molar-refractivity contribution in [3.63, 3.8) is 0 Å². The number of aromatic nitrogens is 3. The Labute approximate surface area is 179 Å². The minimum Gasteiger partial charge on any atom is -0.406 e. The zero-order valence-electron chi connectivity index (χ0n) is 16.3. The van der Waals surface area contributed by atoms with Crippen molar-refractivity contribution in [3.05, 3.63) is 90.1 Å². The van der Waals surface area contributed by atoms with Crippen LogP contribution in [0, 0.1) is 0 Å². The molecule has 1 amide bonds. The number of halogens is 3. The molecule has 0 saturated heterocycles. The molecule has 0 saturated carbocycles. The second kappa shape index (κ2) is 8.88. The molecule has 162 valence electrons. The van der Waals surface area contributed by atoms with E-state index in [2.05, 4.69) is 25.2 Å². The molecular formula is C22H15F3N4O3. The van der Waals surface area contributed by atoms with Gasteiger partial charge >= 0.3 is 6.36 Å². The summed E-state index contributed by atoms with van der Waals surface area (Å²) in [6, 6.07) is 15.3. The van der Waals surface area contributed by atoms with Crippen molar-refractivity contribution in [1.29, 1.82) is 0 Å². The number of alkyl halides is 3. The van der Waals surface area contributed by atoms with Crippen LogP contribution in [0.2, 0.25) is 0 Å². The van der Waals surface area contributed by atoms with Gasteiger partial charge in [0, 0.05) is 29.2 Å². The molecule has 0 aliphatic carbocycles. The van der Waals surface area contributed by atoms with Crippen molar-refractivity contribution in [2.45, 2.75) is 12.8 Å². The Morgan fingerprint density at radius 1 is 1.03 bits per heavy atom. The number of hydrogen-bond donors (Lipinski definition) is 1. The number of carbonyl (C=O) groups excluding carboxylic acids is 1. The first-order valence-corrected chi connectivity index (χ1v) is 9.35. The molecule has 0 bridgehead atoms. The Balaban J connectivity index is 1.47. The van der Waals surface area contributed by atoms with Gasteiger partial charge in [-0.3, -0.25) is 9.78 Å². The summed E-state index contributed by atoms with van der Waals surface area (Å²) in [5, 5.41) is 6.70. The lowest BCUT2D eigenvalue weighted by Crippen LogP contribution is -2.17. The first kappa shape index (κ1) is 21.0. The van der Waals surface area contributed by atoms with Gasteiger partial charge in [-0.05, 0) is 48.0 Å². The number of ether oxygens (including phenoxy) is 1. The molecule has 0 spiro atoms. The van der Waals surface area contributed by atoms with Gasteiger partial charge in [0.25, 0.3) is 5.91 Å². The third-order valence-corrected chi connectivity index (χ3v) is 4.35. The van der Waals surface area contributed by atoms with E-state index in [9.17, 15) is 18.0 Å². The first-order chi connectivity index (χ1) is 15.4. The van der Waals surface area contributed by atoms with Gasteiger partial charge in [-0.1, -0.05) is 23.4 Å². The topological polar surface area (TPSA) is 90.1 Å². The summed E-state index contributed by atoms with van der Waals surface area (Å²) in [7, 11) is 0. The lowest BCUT2D eigenvalue weighted by molar-refractivity contribution is -0.274. The number of nitrogens with one attached hydrogen (secondary N) is 1. The molecule has 0 atom stereocenters. The smallest absolute Gasteiger partial charge is 0.406 e. The highest BCUT2D eigenvalue weighted by atomic mass is 19.4. The van der Waals surface area contributed by atoms with Crippen LogP contribution in [0.4, 0.5) is 18.9 Å². The van der Waals surface area contributed by atoms with Crippen LogP contribution >= 0.6 is 0 Å². The molecule has 2 aromatic carbocycles. The number of rotatable bonds is 6. The van der Waals surface area contributed by atoms with Crippen LogP contribution in [0.25, 0.3) is 11.4 Å². The van der Waals surface area contributed by atoms with Gasteiger partial charge in [-0.15, -0.1) is 13.2 Å². The Bertz CT molecular complexity index is 1210. The van der Waals surface area contributed by atoms with Crippen molar-refractivity contribution < 1.29 is 27.2 Å². The predicted octanol–water partition coefficient (Wildman–Crippen LogP) is 4.87. The van der Waals surface area contributed by atoms with Gasteiger partial charge in [0.2, 0.25) is 11.7 Å². The SMILES string of the molecule is O=C(Nc1ccccc1Cc1nc(-c2cccnc2)no1)c1ccc(OC(F)(F)F)cc1. The molecule has 32 heavy (non-hydrogen) atoms. The lowest BCUT2D eigenvalue weighted by Gasteiger charge is -2.11. The highest BCUT2D eigenvalue weighted by Crippen LogP contribution is 2.24. The van der Waals surface area contributed by atoms with Crippen molar-refractivity contribution >= 4 is 11.6 Å². The molecule has 0 unspecified atom stereocenters. The van der Waals surface area contributed by atoms with Crippen LogP contribution in [0.3, 0.4) is 0 Å². The number of amides is 1. The highest BCUT2D eigenvalue weighted by molar-refractivity contribution is 6.04. The molecule has 4 aromatic rings. The van der Waals surface area contributed by atoms with Crippen LogP contribution in [0.5, 0.6) is 5.75 Å². The van der Waals surface area contributed by atoms with E-state index in [1.807, 2.05) is 0 Å². The van der Waals surface area contributed by atoms with E-state index in [-0.39, 0.29) is 12.0 Å². The molecule has 2 heterocycles. The van der Waals surface area contributed by atoms with E-state index in [0.29, 0.717) is 23.0 Å². The second-order valence-corrected chi connectivity index (χ2v) is 6.61. The zero-order chi connectivity index (χ0) is 22.6. The molecule has 10 heteroatoms. The van der Waals surface area contributed by atoms with Gasteiger partial charge < -0.3 is 14.6 Å². The maximum atomic E-state index is 12.6. The average Bonchev–Trinajstić information content (AvgIpc) is 3.24. The molecular weight excluding hydrogens is 425 g/mol. The normalized spacial score (nSPS) is 11.2. The molecule has 2 aromatic heterocycles. The first-order valence-electron chi connectivity index (χ1n) is 9.35. The molecule has 4 rings (SSSR count). The fourth-order valence-electron chi connectivity index (χ4n) is 2.90. The number of anilines is 1. The fraction of sp³-hybridized carbons (Fsp3) is 0.0909. The van der Waals surface area contributed by atoms with Crippen LogP contribution in [0.15, 0.2) is 77.6 Å². The summed E-state index contributed by atoms with van der Waals surface area (Å²) in [4.78, 5) is 20.9. The minimum absolute atomic E-state index is 0.172. The van der Waals surface area contributed by atoms with Gasteiger partial charge in [0.05, 0.1) is 6.42 Å². The molecule has 0 fully saturated rings. The molecule has 0 aliphatic heterocycles. The number of nitrogens with zero attached hydrogens (tertiary/aromatic N) is 3. The lowest BCUT2D eigenvalue weighted by atomic mass is 10.1. The maximum Gasteiger partial charge on any atom is 0.573 e. The molecule has 1 N–H and O–H groups in total. The summed E-state index contributed by atoms with van der Waals surface area (Å²) < 4.78 is 46.0. The number of para-hydroxylation sites is 1. The summed E-state index contributed by atoms with van der Waals surface area (Å²) >= 11 is 0. The van der Waals surface area contributed by atoms with Gasteiger partial charge in [-0.2, -0.15) is 4.98 Å². The van der Waals surface area contributed by atoms with E-state index < -0.39 is 18.0 Å². The van der Waals surface area contributed by atoms with Gasteiger partial charge in [-0.25, -0.2) is 0 Å². The van der Waals surface area contributed by atoms with Crippen LogP contribution in [-0.4, -0.2) is 27.4 Å². The number of hydrogen-bond acceptors (Lipinski definition) is 6. The number of benzene rings is 2. The summed E-state index contributed by atoms with van der Waals surface area (Å²) in [5.41, 5.74) is 2.11. The summed E-state index contributed by atoms with van der Waals surface area (Å²) in [6.07, 6.45) is -1.27. The Morgan fingerprint density at radius 2 is 1.81 bits per heavy atom. The van der Waals surface area contributed by atoms with E-state index >= 15 is 0 Å². The average molecular weight is 440 g/mol. The largest absolute Gasteiger partial charge is 0.573 e. The zero-order valence-corrected chi connectivity index (χ0v) is 16.3. The van der Waals surface area contributed by atoms with Gasteiger partial charge in [0.1, 0.15) is 5.75 Å². The van der Waals surface area contributed by atoms with Crippen molar-refractivity contribution in [3.8, 4) is 17.1 Å². The van der Waals surface area contributed by atoms with Crippen molar-refractivity contribution in [1.82, 2.24) is 15.1 Å². The fourth-order valence-corrected chi connectivity index (χ4v) is 2.90. The van der Waals surface area contributed by atoms with E-state index in [1.165, 1.54) is 12.1 Å². The highest BCUT2D eigenvalue weighted by Gasteiger charge is 2.31. The van der Waals surface area contributed by atoms with Crippen LogP contribution < -0.4 is 10.1 Å². The minimum atomic E-state index is -4.80. The molecule has 0 aliphatic rings. The Hall–Kier alpha value is -4.21. The number of pyridine rings is 1. The van der Waals surface area contributed by atoms with Gasteiger partial charge in [0.15, 0.2) is 0 Å². The van der Waals surface area contributed by atoms with Crippen LogP contribution in [0.1, 0.15) is 21.8 Å². The third-order valence-electron chi connectivity index (χ3n) is 4.35. The maximum absolute atomic E-state index is 12.6. The van der Waals surface area contributed by atoms with Crippen LogP contribution in [-0.2, 0) is 6.42 Å². The summed E-state index contributed by atoms with van der Waals surface area (Å²) in [6.45, 7) is 0. The molecule has 0 radical (unpaired) electrons. The monoisotopic (exact) mass is 440 g/mol. The standard InChI is InChI=1S/C22H15F3N4O3/c23-22(24,25)31-17-9-7-14(8-10-17)21(30)27-18-6-2-1-4-15(18)12-19-28-20(29-32-19)16-5-3-11-26-13-16/h1-11,13H,12H2,(H,27,30). The van der Waals surface area contributed by atoms with E-state index in [4.69, 9.17) is 4.52 Å². The Morgan fingerprint density at radius 3 is 2.53 bits per heavy atom. The van der Waals surface area contributed by atoms with Crippen molar-refractivity contribution in [2.75, 3.05) is 5.32 Å². The quantitative estimate of drug-likeness (QED) is 0.460. The second-order valence-electron chi connectivity index (χ2n) is 6.61. The van der Waals surface area contributed by atoms with Crippen molar-refractivity contribution in [2.24, 2.45) is 0 Å². The third kappa shape index (κ3) is 5.28. The Kier molecular flexibility index (Phi) is 5.84.